The van der Waals surface area contributed by atoms with Crippen LogP contribution < -0.4 is 16.4 Å². The number of hydrogen-bond acceptors (Lipinski definition) is 6. The number of aromatic amines is 1. The van der Waals surface area contributed by atoms with Crippen LogP contribution in [0.15, 0.2) is 48.1 Å². The molecule has 4 rings (SSSR count). The molecule has 2 amide bonds. The van der Waals surface area contributed by atoms with Gasteiger partial charge >= 0.3 is 6.09 Å². The van der Waals surface area contributed by atoms with Crippen molar-refractivity contribution in [3.63, 3.8) is 0 Å². The number of amides is 2. The fraction of sp³-hybridized carbons (Fsp3) is 0.455. The molecule has 3 heterocycles. The standard InChI is InChI=1S/C33H41N7O3/c1-22(2)28(38-32(42)43-5)31(41)40-20-12-17-27(40)30-36-21-25(37-30)15-9-10-18-33(4,23(3)24-13-7-6-8-14-24)39-29(34)26-16-11-19-35-26/h6-8,13-14,21-22,26-28,35H,3,11-12,16-17,19-20H2,1-2,4-5H3,(H2,34,39)(H,36,37)(H,38,42)/t26-,27-,28?,33?/m0/s1. The molecule has 5 N–H and O–H groups in total. The van der Waals surface area contributed by atoms with Crippen LogP contribution >= 0.6 is 0 Å². The molecule has 4 atom stereocenters. The van der Waals surface area contributed by atoms with E-state index in [0.717, 1.165) is 43.4 Å². The van der Waals surface area contributed by atoms with Gasteiger partial charge in [0.1, 0.15) is 28.9 Å². The number of likely N-dealkylation sites (tertiary alicyclic amines) is 1. The second kappa shape index (κ2) is 14.1. The fourth-order valence-electron chi connectivity index (χ4n) is 5.38. The summed E-state index contributed by atoms with van der Waals surface area (Å²) in [5.41, 5.74) is 7.69. The minimum atomic E-state index is -0.973. The summed E-state index contributed by atoms with van der Waals surface area (Å²) in [5, 5.41) is 6.05. The molecule has 2 aliphatic heterocycles. The average molecular weight is 584 g/mol. The summed E-state index contributed by atoms with van der Waals surface area (Å²) in [6.07, 6.45) is 4.58. The van der Waals surface area contributed by atoms with Crippen molar-refractivity contribution in [3.8, 4) is 23.7 Å². The molecule has 43 heavy (non-hydrogen) atoms. The number of carbonyl (C=O) groups excluding carboxylic acids is 2. The molecule has 10 heteroatoms. The molecule has 2 aliphatic rings. The molecule has 0 radical (unpaired) electrons. The number of amidine groups is 1. The summed E-state index contributed by atoms with van der Waals surface area (Å²) in [7, 11) is 1.28. The Morgan fingerprint density at radius 3 is 2.67 bits per heavy atom. The number of hydrogen-bond donors (Lipinski definition) is 4. The van der Waals surface area contributed by atoms with E-state index in [1.54, 1.807) is 11.1 Å². The third-order valence-corrected chi connectivity index (χ3v) is 7.88. The smallest absolute Gasteiger partial charge is 0.407 e. The highest BCUT2D eigenvalue weighted by molar-refractivity contribution is 5.89. The summed E-state index contributed by atoms with van der Waals surface area (Å²) in [4.78, 5) is 39.6. The van der Waals surface area contributed by atoms with Gasteiger partial charge < -0.3 is 31.0 Å². The van der Waals surface area contributed by atoms with Crippen LogP contribution in [0.5, 0.6) is 0 Å². The van der Waals surface area contributed by atoms with Gasteiger partial charge in [-0.15, -0.1) is 0 Å². The van der Waals surface area contributed by atoms with Crippen LogP contribution in [-0.2, 0) is 9.53 Å². The van der Waals surface area contributed by atoms with Crippen LogP contribution in [-0.4, -0.2) is 70.5 Å². The lowest BCUT2D eigenvalue weighted by Crippen LogP contribution is -2.51. The minimum absolute atomic E-state index is 0.0216. The Bertz CT molecular complexity index is 1470. The van der Waals surface area contributed by atoms with Crippen molar-refractivity contribution in [2.75, 3.05) is 20.2 Å². The van der Waals surface area contributed by atoms with Gasteiger partial charge in [0.05, 0.1) is 25.4 Å². The summed E-state index contributed by atoms with van der Waals surface area (Å²) in [6.45, 7) is 11.5. The van der Waals surface area contributed by atoms with Gasteiger partial charge in [-0.3, -0.25) is 4.79 Å². The van der Waals surface area contributed by atoms with E-state index >= 15 is 0 Å². The van der Waals surface area contributed by atoms with Gasteiger partial charge in [-0.2, -0.15) is 0 Å². The number of rotatable bonds is 8. The first kappa shape index (κ1) is 31.4. The maximum Gasteiger partial charge on any atom is 0.407 e. The summed E-state index contributed by atoms with van der Waals surface area (Å²) >= 11 is 0. The topological polar surface area (TPSA) is 138 Å². The molecule has 2 saturated heterocycles. The summed E-state index contributed by atoms with van der Waals surface area (Å²) in [5.74, 6) is 13.0. The zero-order chi connectivity index (χ0) is 31.0. The number of nitrogens with two attached hydrogens (primary N) is 1. The number of imidazole rings is 1. The van der Waals surface area contributed by atoms with Crippen LogP contribution in [0.2, 0.25) is 0 Å². The number of methoxy groups -OCH3 is 1. The molecular formula is C33H41N7O3. The predicted octanol–water partition coefficient (Wildman–Crippen LogP) is 3.39. The Morgan fingerprint density at radius 2 is 2.00 bits per heavy atom. The number of aromatic nitrogens is 2. The molecule has 2 aromatic rings. The number of carbonyl (C=O) groups is 2. The maximum absolute atomic E-state index is 13.4. The highest BCUT2D eigenvalue weighted by atomic mass is 16.5. The zero-order valence-electron chi connectivity index (χ0n) is 25.4. The summed E-state index contributed by atoms with van der Waals surface area (Å²) < 4.78 is 4.72. The largest absolute Gasteiger partial charge is 0.453 e. The maximum atomic E-state index is 13.4. The SMILES string of the molecule is C=C(c1ccccc1)C(C)(C#CC#Cc1cnc([C@@H]2CCCN2C(=O)C(NC(=O)OC)C(C)C)[nH]1)/N=C(\N)[C@@H]1CCCN1. The molecule has 0 saturated carbocycles. The highest BCUT2D eigenvalue weighted by Gasteiger charge is 2.37. The van der Waals surface area contributed by atoms with Crippen molar-refractivity contribution in [2.45, 2.75) is 70.1 Å². The Hall–Kier alpha value is -4.54. The van der Waals surface area contributed by atoms with E-state index in [1.807, 2.05) is 51.1 Å². The second-order valence-electron chi connectivity index (χ2n) is 11.3. The van der Waals surface area contributed by atoms with E-state index in [2.05, 4.69) is 50.9 Å². The normalized spacial score (nSPS) is 20.3. The van der Waals surface area contributed by atoms with Gasteiger partial charge in [-0.1, -0.05) is 56.7 Å². The van der Waals surface area contributed by atoms with E-state index in [9.17, 15) is 9.59 Å². The Balaban J connectivity index is 1.53. The third-order valence-electron chi connectivity index (χ3n) is 7.88. The average Bonchev–Trinajstić information content (AvgIpc) is 3.79. The molecule has 10 nitrogen and oxygen atoms in total. The number of alkyl carbamates (subject to hydrolysis) is 1. The molecule has 0 bridgehead atoms. The quantitative estimate of drug-likeness (QED) is 0.214. The van der Waals surface area contributed by atoms with Crippen molar-refractivity contribution < 1.29 is 14.3 Å². The minimum Gasteiger partial charge on any atom is -0.453 e. The first-order valence-corrected chi connectivity index (χ1v) is 14.7. The number of aliphatic imine (C=N–C) groups is 1. The van der Waals surface area contributed by atoms with Gasteiger partial charge in [0.25, 0.3) is 0 Å². The van der Waals surface area contributed by atoms with E-state index < -0.39 is 17.7 Å². The number of benzene rings is 1. The predicted molar refractivity (Wildman–Crippen MR) is 168 cm³/mol. The number of nitrogens with one attached hydrogen (secondary N) is 3. The zero-order valence-corrected chi connectivity index (χ0v) is 25.4. The Kier molecular flexibility index (Phi) is 10.3. The van der Waals surface area contributed by atoms with Crippen molar-refractivity contribution in [2.24, 2.45) is 16.6 Å². The van der Waals surface area contributed by atoms with Gasteiger partial charge in [-0.25, -0.2) is 14.8 Å². The van der Waals surface area contributed by atoms with Crippen LogP contribution in [0, 0.1) is 29.6 Å². The van der Waals surface area contributed by atoms with E-state index in [0.29, 0.717) is 23.9 Å². The molecule has 2 fully saturated rings. The van der Waals surface area contributed by atoms with Gasteiger partial charge in [0, 0.05) is 6.54 Å². The Morgan fingerprint density at radius 1 is 1.23 bits per heavy atom. The van der Waals surface area contributed by atoms with Gasteiger partial charge in [-0.05, 0) is 74.0 Å². The van der Waals surface area contributed by atoms with E-state index in [-0.39, 0.29) is 23.9 Å². The molecule has 2 unspecified atom stereocenters. The van der Waals surface area contributed by atoms with Crippen molar-refractivity contribution in [1.29, 1.82) is 0 Å². The highest BCUT2D eigenvalue weighted by Crippen LogP contribution is 2.32. The Labute approximate surface area is 254 Å². The van der Waals surface area contributed by atoms with Gasteiger partial charge in [0.2, 0.25) is 5.91 Å². The number of H-pyrrole nitrogens is 1. The molecule has 226 valence electrons. The number of nitrogens with zero attached hydrogens (tertiary/aromatic N) is 3. The van der Waals surface area contributed by atoms with Crippen LogP contribution in [0.25, 0.3) is 5.57 Å². The third kappa shape index (κ3) is 7.65. The molecule has 0 aliphatic carbocycles. The van der Waals surface area contributed by atoms with Crippen molar-refractivity contribution >= 4 is 23.4 Å². The molecule has 1 aromatic heterocycles. The van der Waals surface area contributed by atoms with Crippen LogP contribution in [0.1, 0.15) is 69.6 Å². The lowest BCUT2D eigenvalue weighted by molar-refractivity contribution is -0.135. The van der Waals surface area contributed by atoms with E-state index in [1.165, 1.54) is 7.11 Å². The molecule has 0 spiro atoms. The van der Waals surface area contributed by atoms with Crippen LogP contribution in [0.3, 0.4) is 0 Å². The van der Waals surface area contributed by atoms with E-state index in [4.69, 9.17) is 15.5 Å². The van der Waals surface area contributed by atoms with Crippen LogP contribution in [0.4, 0.5) is 4.79 Å². The summed E-state index contributed by atoms with van der Waals surface area (Å²) in [6, 6.07) is 8.89. The first-order chi connectivity index (χ1) is 20.6. The molecular weight excluding hydrogens is 542 g/mol. The van der Waals surface area contributed by atoms with Crippen molar-refractivity contribution in [3.05, 3.63) is 60.2 Å². The fourth-order valence-corrected chi connectivity index (χ4v) is 5.38. The van der Waals surface area contributed by atoms with Crippen molar-refractivity contribution in [1.82, 2.24) is 25.5 Å². The lowest BCUT2D eigenvalue weighted by atomic mass is 9.88. The monoisotopic (exact) mass is 583 g/mol. The first-order valence-electron chi connectivity index (χ1n) is 14.7. The van der Waals surface area contributed by atoms with Gasteiger partial charge in [0.15, 0.2) is 0 Å². The lowest BCUT2D eigenvalue weighted by Gasteiger charge is -2.29. The molecule has 1 aromatic carbocycles. The number of ether oxygens (including phenoxy) is 1. The second-order valence-corrected chi connectivity index (χ2v) is 11.3.